The monoisotopic (exact) mass is 239 g/mol. The molecule has 2 rings (SSSR count). The van der Waals surface area contributed by atoms with Crippen molar-refractivity contribution in [2.75, 3.05) is 11.9 Å². The van der Waals surface area contributed by atoms with E-state index in [1.807, 2.05) is 0 Å². The molecular formula is C11H14ClN3O. The van der Waals surface area contributed by atoms with Crippen molar-refractivity contribution in [3.05, 3.63) is 23.5 Å². The first-order chi connectivity index (χ1) is 7.75. The zero-order valence-electron chi connectivity index (χ0n) is 8.87. The Morgan fingerprint density at radius 3 is 3.12 bits per heavy atom. The largest absolute Gasteiger partial charge is 0.325 e. The molecule has 0 unspecified atom stereocenters. The van der Waals surface area contributed by atoms with Crippen molar-refractivity contribution in [2.45, 2.75) is 25.3 Å². The lowest BCUT2D eigenvalue weighted by atomic mass is 10.0. The summed E-state index contributed by atoms with van der Waals surface area (Å²) in [4.78, 5) is 15.7. The summed E-state index contributed by atoms with van der Waals surface area (Å²) in [6.07, 6.45) is 4.71. The number of hydrogen-bond acceptors (Lipinski definition) is 3. The third-order valence-electron chi connectivity index (χ3n) is 2.62. The lowest BCUT2D eigenvalue weighted by molar-refractivity contribution is -0.118. The van der Waals surface area contributed by atoms with Crippen LogP contribution in [-0.4, -0.2) is 23.5 Å². The Kier molecular flexibility index (Phi) is 3.74. The van der Waals surface area contributed by atoms with Crippen LogP contribution in [0.1, 0.15) is 19.3 Å². The molecule has 1 atom stereocenters. The van der Waals surface area contributed by atoms with E-state index in [2.05, 4.69) is 15.6 Å². The van der Waals surface area contributed by atoms with Gasteiger partial charge in [0.05, 0.1) is 6.04 Å². The van der Waals surface area contributed by atoms with E-state index < -0.39 is 0 Å². The zero-order chi connectivity index (χ0) is 11.4. The van der Waals surface area contributed by atoms with Crippen LogP contribution in [0.5, 0.6) is 0 Å². The molecule has 0 radical (unpaired) electrons. The number of carbonyl (C=O) groups is 1. The molecule has 16 heavy (non-hydrogen) atoms. The van der Waals surface area contributed by atoms with Crippen LogP contribution >= 0.6 is 11.6 Å². The molecule has 0 saturated carbocycles. The van der Waals surface area contributed by atoms with Crippen LogP contribution in [0.15, 0.2) is 18.3 Å². The highest BCUT2D eigenvalue weighted by atomic mass is 35.5. The summed E-state index contributed by atoms with van der Waals surface area (Å²) in [6, 6.07) is 3.29. The highest BCUT2D eigenvalue weighted by Crippen LogP contribution is 2.14. The van der Waals surface area contributed by atoms with Gasteiger partial charge in [0, 0.05) is 11.9 Å². The number of anilines is 1. The normalized spacial score (nSPS) is 20.4. The molecule has 2 N–H and O–H groups in total. The highest BCUT2D eigenvalue weighted by Gasteiger charge is 2.20. The molecule has 5 heteroatoms. The lowest BCUT2D eigenvalue weighted by Crippen LogP contribution is -2.43. The van der Waals surface area contributed by atoms with Crippen LogP contribution in [0, 0.1) is 0 Å². The van der Waals surface area contributed by atoms with E-state index in [0.29, 0.717) is 10.8 Å². The molecule has 0 aromatic carbocycles. The molecule has 1 fully saturated rings. The molecular weight excluding hydrogens is 226 g/mol. The van der Waals surface area contributed by atoms with Crippen molar-refractivity contribution >= 4 is 23.2 Å². The van der Waals surface area contributed by atoms with Gasteiger partial charge in [-0.25, -0.2) is 4.98 Å². The minimum absolute atomic E-state index is 0.00182. The molecule has 1 aromatic rings. The second-order valence-corrected chi connectivity index (χ2v) is 4.25. The number of carbonyl (C=O) groups excluding carboxylic acids is 1. The van der Waals surface area contributed by atoms with Gasteiger partial charge in [-0.15, -0.1) is 0 Å². The lowest BCUT2D eigenvalue weighted by Gasteiger charge is -2.22. The summed E-state index contributed by atoms with van der Waals surface area (Å²) < 4.78 is 0. The summed E-state index contributed by atoms with van der Waals surface area (Å²) in [6.45, 7) is 0.912. The predicted molar refractivity (Wildman–Crippen MR) is 63.5 cm³/mol. The average Bonchev–Trinajstić information content (AvgIpc) is 2.30. The Bertz CT molecular complexity index is 377. The summed E-state index contributed by atoms with van der Waals surface area (Å²) in [5, 5.41) is 6.40. The van der Waals surface area contributed by atoms with Crippen molar-refractivity contribution in [2.24, 2.45) is 0 Å². The molecule has 1 saturated heterocycles. The molecule has 0 aliphatic carbocycles. The number of aromatic nitrogens is 1. The Morgan fingerprint density at radius 2 is 2.44 bits per heavy atom. The highest BCUT2D eigenvalue weighted by molar-refractivity contribution is 6.29. The van der Waals surface area contributed by atoms with Crippen molar-refractivity contribution in [1.29, 1.82) is 0 Å². The molecule has 0 bridgehead atoms. The first-order valence-corrected chi connectivity index (χ1v) is 5.79. The zero-order valence-corrected chi connectivity index (χ0v) is 9.63. The summed E-state index contributed by atoms with van der Waals surface area (Å²) in [5.41, 5.74) is 0.692. The van der Waals surface area contributed by atoms with Gasteiger partial charge in [-0.05, 0) is 31.5 Å². The fraction of sp³-hybridized carbons (Fsp3) is 0.455. The SMILES string of the molecule is O=C(Nc1ccnc(Cl)c1)[C@H]1CCCCN1. The third kappa shape index (κ3) is 2.93. The van der Waals surface area contributed by atoms with Gasteiger partial charge in [0.2, 0.25) is 5.91 Å². The molecule has 1 aromatic heterocycles. The van der Waals surface area contributed by atoms with Crippen LogP contribution in [-0.2, 0) is 4.79 Å². The van der Waals surface area contributed by atoms with Crippen LogP contribution in [0.2, 0.25) is 5.15 Å². The molecule has 1 amide bonds. The molecule has 1 aliphatic heterocycles. The van der Waals surface area contributed by atoms with E-state index in [-0.39, 0.29) is 11.9 Å². The Morgan fingerprint density at radius 1 is 1.56 bits per heavy atom. The first-order valence-electron chi connectivity index (χ1n) is 5.41. The van der Waals surface area contributed by atoms with E-state index in [1.54, 1.807) is 18.3 Å². The maximum atomic E-state index is 11.8. The van der Waals surface area contributed by atoms with Gasteiger partial charge in [0.15, 0.2) is 0 Å². The maximum absolute atomic E-state index is 11.8. The first kappa shape index (κ1) is 11.4. The van der Waals surface area contributed by atoms with Crippen molar-refractivity contribution < 1.29 is 4.79 Å². The van der Waals surface area contributed by atoms with Gasteiger partial charge in [-0.1, -0.05) is 18.0 Å². The van der Waals surface area contributed by atoms with Crippen molar-refractivity contribution in [1.82, 2.24) is 10.3 Å². The topological polar surface area (TPSA) is 54.0 Å². The van der Waals surface area contributed by atoms with Crippen LogP contribution < -0.4 is 10.6 Å². The number of nitrogens with one attached hydrogen (secondary N) is 2. The number of hydrogen-bond donors (Lipinski definition) is 2. The Balaban J connectivity index is 1.96. The second-order valence-electron chi connectivity index (χ2n) is 3.86. The molecule has 0 spiro atoms. The number of rotatable bonds is 2. The smallest absolute Gasteiger partial charge is 0.241 e. The standard InChI is InChI=1S/C11H14ClN3O/c12-10-7-8(4-6-14-10)15-11(16)9-3-1-2-5-13-9/h4,6-7,9,13H,1-3,5H2,(H,14,15,16)/t9-/m1/s1. The average molecular weight is 240 g/mol. The number of halogens is 1. The van der Waals surface area contributed by atoms with Crippen LogP contribution in [0.25, 0.3) is 0 Å². The molecule has 86 valence electrons. The number of amides is 1. The summed E-state index contributed by atoms with van der Waals surface area (Å²) in [7, 11) is 0. The fourth-order valence-electron chi connectivity index (χ4n) is 1.79. The minimum Gasteiger partial charge on any atom is -0.325 e. The maximum Gasteiger partial charge on any atom is 0.241 e. The van der Waals surface area contributed by atoms with Crippen molar-refractivity contribution in [3.63, 3.8) is 0 Å². The Labute approximate surface area is 99.4 Å². The van der Waals surface area contributed by atoms with E-state index >= 15 is 0 Å². The van der Waals surface area contributed by atoms with E-state index in [4.69, 9.17) is 11.6 Å². The van der Waals surface area contributed by atoms with E-state index in [1.165, 1.54) is 0 Å². The molecule has 4 nitrogen and oxygen atoms in total. The Hall–Kier alpha value is -1.13. The number of piperidine rings is 1. The minimum atomic E-state index is -0.0827. The van der Waals surface area contributed by atoms with Gasteiger partial charge < -0.3 is 10.6 Å². The van der Waals surface area contributed by atoms with E-state index in [0.717, 1.165) is 25.8 Å². The van der Waals surface area contributed by atoms with Gasteiger partial charge in [0.1, 0.15) is 5.15 Å². The van der Waals surface area contributed by atoms with E-state index in [9.17, 15) is 4.79 Å². The van der Waals surface area contributed by atoms with Gasteiger partial charge in [0.25, 0.3) is 0 Å². The predicted octanol–water partition coefficient (Wildman–Crippen LogP) is 1.82. The fourth-order valence-corrected chi connectivity index (χ4v) is 1.96. The third-order valence-corrected chi connectivity index (χ3v) is 2.83. The second kappa shape index (κ2) is 5.27. The van der Waals surface area contributed by atoms with Crippen LogP contribution in [0.4, 0.5) is 5.69 Å². The quantitative estimate of drug-likeness (QED) is 0.774. The summed E-state index contributed by atoms with van der Waals surface area (Å²) in [5.74, 6) is 0.00182. The number of pyridine rings is 1. The van der Waals surface area contributed by atoms with Gasteiger partial charge >= 0.3 is 0 Å². The van der Waals surface area contributed by atoms with Gasteiger partial charge in [-0.2, -0.15) is 0 Å². The van der Waals surface area contributed by atoms with Crippen molar-refractivity contribution in [3.8, 4) is 0 Å². The molecule has 2 heterocycles. The molecule has 1 aliphatic rings. The van der Waals surface area contributed by atoms with Crippen LogP contribution in [0.3, 0.4) is 0 Å². The number of nitrogens with zero attached hydrogens (tertiary/aromatic N) is 1. The van der Waals surface area contributed by atoms with Gasteiger partial charge in [-0.3, -0.25) is 4.79 Å². The summed E-state index contributed by atoms with van der Waals surface area (Å²) >= 11 is 5.74.